The SMILES string of the molecule is COc1cc(C=Cc2[nH]c(=O)[nH]c(=O)c2[N+](=O)[O-])ccc1OC(=O)c1ccccc1Cl. The Balaban J connectivity index is 1.90. The number of hydrogen-bond acceptors (Lipinski definition) is 7. The molecule has 11 heteroatoms. The van der Waals surface area contributed by atoms with Gasteiger partial charge >= 0.3 is 22.9 Å². The highest BCUT2D eigenvalue weighted by molar-refractivity contribution is 6.33. The highest BCUT2D eigenvalue weighted by Gasteiger charge is 2.19. The third-order valence-electron chi connectivity index (χ3n) is 4.05. The number of benzene rings is 2. The maximum Gasteiger partial charge on any atom is 0.357 e. The predicted molar refractivity (Wildman–Crippen MR) is 113 cm³/mol. The number of aromatic nitrogens is 2. The van der Waals surface area contributed by atoms with Gasteiger partial charge in [0.15, 0.2) is 11.5 Å². The summed E-state index contributed by atoms with van der Waals surface area (Å²) < 4.78 is 10.6. The number of hydrogen-bond donors (Lipinski definition) is 2. The number of H-pyrrole nitrogens is 2. The molecule has 0 radical (unpaired) electrons. The largest absolute Gasteiger partial charge is 0.493 e. The fourth-order valence-electron chi connectivity index (χ4n) is 2.63. The number of rotatable bonds is 6. The topological polar surface area (TPSA) is 144 Å². The summed E-state index contributed by atoms with van der Waals surface area (Å²) in [7, 11) is 1.37. The summed E-state index contributed by atoms with van der Waals surface area (Å²) >= 11 is 6.00. The molecule has 3 aromatic rings. The lowest BCUT2D eigenvalue weighted by molar-refractivity contribution is -0.386. The Morgan fingerprint density at radius 2 is 1.84 bits per heavy atom. The van der Waals surface area contributed by atoms with E-state index < -0.39 is 27.8 Å². The molecule has 0 saturated carbocycles. The molecular weight excluding hydrogens is 430 g/mol. The van der Waals surface area contributed by atoms with E-state index in [0.29, 0.717) is 5.56 Å². The molecule has 31 heavy (non-hydrogen) atoms. The van der Waals surface area contributed by atoms with Crippen molar-refractivity contribution in [3.8, 4) is 11.5 Å². The summed E-state index contributed by atoms with van der Waals surface area (Å²) in [5, 5.41) is 11.3. The Kier molecular flexibility index (Phi) is 6.32. The van der Waals surface area contributed by atoms with Crippen LogP contribution in [0.3, 0.4) is 0 Å². The normalized spacial score (nSPS) is 10.8. The fourth-order valence-corrected chi connectivity index (χ4v) is 2.85. The number of carbonyl (C=O) groups excluding carboxylic acids is 1. The van der Waals surface area contributed by atoms with Gasteiger partial charge in [0.05, 0.1) is 22.6 Å². The Morgan fingerprint density at radius 1 is 1.10 bits per heavy atom. The first-order chi connectivity index (χ1) is 14.8. The number of esters is 1. The maximum atomic E-state index is 12.4. The summed E-state index contributed by atoms with van der Waals surface area (Å²) in [5.74, 6) is -0.347. The summed E-state index contributed by atoms with van der Waals surface area (Å²) in [6, 6.07) is 10.9. The second kappa shape index (κ2) is 9.09. The van der Waals surface area contributed by atoms with Crippen molar-refractivity contribution in [3.63, 3.8) is 0 Å². The van der Waals surface area contributed by atoms with Gasteiger partial charge in [-0.3, -0.25) is 19.9 Å². The van der Waals surface area contributed by atoms with Crippen LogP contribution in [0.5, 0.6) is 11.5 Å². The molecule has 3 rings (SSSR count). The summed E-state index contributed by atoms with van der Waals surface area (Å²) in [6.07, 6.45) is 2.62. The minimum absolute atomic E-state index is 0.125. The second-order valence-corrected chi connectivity index (χ2v) is 6.45. The van der Waals surface area contributed by atoms with Gasteiger partial charge in [-0.05, 0) is 35.9 Å². The van der Waals surface area contributed by atoms with Crippen molar-refractivity contribution >= 4 is 35.4 Å². The quantitative estimate of drug-likeness (QED) is 0.258. The van der Waals surface area contributed by atoms with E-state index in [1.54, 1.807) is 29.2 Å². The molecular formula is C20H14ClN3O7. The Hall–Kier alpha value is -4.18. The minimum Gasteiger partial charge on any atom is -0.493 e. The van der Waals surface area contributed by atoms with Crippen molar-refractivity contribution in [3.05, 3.63) is 95.3 Å². The Labute approximate surface area is 178 Å². The van der Waals surface area contributed by atoms with Gasteiger partial charge in [0, 0.05) is 0 Å². The zero-order valence-electron chi connectivity index (χ0n) is 15.9. The van der Waals surface area contributed by atoms with Gasteiger partial charge in [0.2, 0.25) is 0 Å². The average molecular weight is 444 g/mol. The Bertz CT molecular complexity index is 1310. The molecule has 0 saturated heterocycles. The van der Waals surface area contributed by atoms with Crippen LogP contribution >= 0.6 is 11.6 Å². The summed E-state index contributed by atoms with van der Waals surface area (Å²) in [4.78, 5) is 49.7. The predicted octanol–water partition coefficient (Wildman–Crippen LogP) is 3.02. The van der Waals surface area contributed by atoms with E-state index in [4.69, 9.17) is 21.1 Å². The van der Waals surface area contributed by atoms with Crippen LogP contribution in [0.25, 0.3) is 12.2 Å². The number of ether oxygens (including phenoxy) is 2. The maximum absolute atomic E-state index is 12.4. The highest BCUT2D eigenvalue weighted by Crippen LogP contribution is 2.30. The molecule has 0 aliphatic carbocycles. The lowest BCUT2D eigenvalue weighted by Crippen LogP contribution is -2.25. The number of methoxy groups -OCH3 is 1. The number of halogens is 1. The smallest absolute Gasteiger partial charge is 0.357 e. The molecule has 0 aliphatic rings. The van der Waals surface area contributed by atoms with E-state index in [2.05, 4.69) is 4.98 Å². The van der Waals surface area contributed by atoms with Gasteiger partial charge in [0.25, 0.3) is 0 Å². The molecule has 2 N–H and O–H groups in total. The van der Waals surface area contributed by atoms with Crippen molar-refractivity contribution in [2.24, 2.45) is 0 Å². The monoisotopic (exact) mass is 443 g/mol. The number of nitro groups is 1. The molecule has 1 heterocycles. The molecule has 0 amide bonds. The van der Waals surface area contributed by atoms with Crippen LogP contribution in [0.1, 0.15) is 21.6 Å². The van der Waals surface area contributed by atoms with E-state index in [1.165, 1.54) is 37.5 Å². The number of aromatic amines is 2. The van der Waals surface area contributed by atoms with Crippen LogP contribution in [0.2, 0.25) is 5.02 Å². The van der Waals surface area contributed by atoms with E-state index in [0.717, 1.165) is 0 Å². The van der Waals surface area contributed by atoms with E-state index >= 15 is 0 Å². The average Bonchev–Trinajstić information content (AvgIpc) is 2.72. The molecule has 2 aromatic carbocycles. The van der Waals surface area contributed by atoms with Crippen molar-refractivity contribution in [2.75, 3.05) is 7.11 Å². The molecule has 0 atom stereocenters. The van der Waals surface area contributed by atoms with Gasteiger partial charge in [0.1, 0.15) is 5.69 Å². The van der Waals surface area contributed by atoms with Crippen LogP contribution in [-0.4, -0.2) is 28.0 Å². The molecule has 0 aliphatic heterocycles. The van der Waals surface area contributed by atoms with Crippen molar-refractivity contribution in [2.45, 2.75) is 0 Å². The lowest BCUT2D eigenvalue weighted by Gasteiger charge is -2.10. The fraction of sp³-hybridized carbons (Fsp3) is 0.0500. The lowest BCUT2D eigenvalue weighted by atomic mass is 10.1. The molecule has 158 valence electrons. The van der Waals surface area contributed by atoms with Gasteiger partial charge in [-0.25, -0.2) is 9.59 Å². The van der Waals surface area contributed by atoms with Crippen molar-refractivity contribution in [1.29, 1.82) is 0 Å². The number of carbonyl (C=O) groups is 1. The molecule has 0 unspecified atom stereocenters. The van der Waals surface area contributed by atoms with Gasteiger partial charge in [-0.2, -0.15) is 0 Å². The van der Waals surface area contributed by atoms with Gasteiger partial charge in [-0.15, -0.1) is 0 Å². The molecule has 10 nitrogen and oxygen atoms in total. The van der Waals surface area contributed by atoms with Gasteiger partial charge < -0.3 is 14.5 Å². The molecule has 1 aromatic heterocycles. The van der Waals surface area contributed by atoms with Crippen LogP contribution in [0.4, 0.5) is 5.69 Å². The number of nitrogens with zero attached hydrogens (tertiary/aromatic N) is 1. The first-order valence-corrected chi connectivity index (χ1v) is 9.01. The van der Waals surface area contributed by atoms with E-state index in [9.17, 15) is 24.5 Å². The van der Waals surface area contributed by atoms with E-state index in [1.807, 2.05) is 0 Å². The summed E-state index contributed by atoms with van der Waals surface area (Å²) in [6.45, 7) is 0. The summed E-state index contributed by atoms with van der Waals surface area (Å²) in [5.41, 5.74) is -2.40. The Morgan fingerprint density at radius 3 is 2.52 bits per heavy atom. The van der Waals surface area contributed by atoms with E-state index in [-0.39, 0.29) is 27.8 Å². The second-order valence-electron chi connectivity index (χ2n) is 6.04. The van der Waals surface area contributed by atoms with Crippen molar-refractivity contribution in [1.82, 2.24) is 9.97 Å². The first-order valence-electron chi connectivity index (χ1n) is 8.64. The third-order valence-corrected chi connectivity index (χ3v) is 4.38. The first kappa shape index (κ1) is 21.5. The zero-order chi connectivity index (χ0) is 22.5. The van der Waals surface area contributed by atoms with Crippen LogP contribution < -0.4 is 20.7 Å². The van der Waals surface area contributed by atoms with Crippen LogP contribution in [-0.2, 0) is 0 Å². The standard InChI is InChI=1S/C20H14ClN3O7/c1-30-16-10-11(6-8-14-17(24(28)29)18(25)23-20(27)22-14)7-9-15(16)31-19(26)12-4-2-3-5-13(12)21/h2-10H,1H3,(H2,22,23,25,27). The zero-order valence-corrected chi connectivity index (χ0v) is 16.6. The third kappa shape index (κ3) is 4.87. The molecule has 0 spiro atoms. The minimum atomic E-state index is -1.12. The van der Waals surface area contributed by atoms with Gasteiger partial charge in [-0.1, -0.05) is 35.9 Å². The molecule has 0 bridgehead atoms. The van der Waals surface area contributed by atoms with Crippen molar-refractivity contribution < 1.29 is 19.2 Å². The van der Waals surface area contributed by atoms with Crippen LogP contribution in [0.15, 0.2) is 52.1 Å². The number of nitrogens with one attached hydrogen (secondary N) is 2. The van der Waals surface area contributed by atoms with Crippen LogP contribution in [0, 0.1) is 10.1 Å². The molecule has 0 fully saturated rings. The highest BCUT2D eigenvalue weighted by atomic mass is 35.5.